The Morgan fingerprint density at radius 1 is 1.19 bits per heavy atom. The van der Waals surface area contributed by atoms with Crippen LogP contribution in [0.5, 0.6) is 11.5 Å². The van der Waals surface area contributed by atoms with Crippen LogP contribution in [0.3, 0.4) is 0 Å². The molecule has 0 fully saturated rings. The van der Waals surface area contributed by atoms with Crippen LogP contribution < -0.4 is 21.1 Å². The lowest BCUT2D eigenvalue weighted by atomic mass is 9.96. The van der Waals surface area contributed by atoms with E-state index in [2.05, 4.69) is 21.7 Å². The van der Waals surface area contributed by atoms with Gasteiger partial charge in [0.15, 0.2) is 0 Å². The van der Waals surface area contributed by atoms with Gasteiger partial charge in [0, 0.05) is 35.8 Å². The second kappa shape index (κ2) is 9.28. The van der Waals surface area contributed by atoms with E-state index in [-0.39, 0.29) is 11.4 Å². The number of hydrogen-bond donors (Lipinski definition) is 6. The molecule has 0 spiro atoms. The van der Waals surface area contributed by atoms with Crippen LogP contribution in [0.25, 0.3) is 10.9 Å². The number of anilines is 1. The molecule has 0 saturated heterocycles. The van der Waals surface area contributed by atoms with Gasteiger partial charge in [-0.15, -0.1) is 0 Å². The van der Waals surface area contributed by atoms with Gasteiger partial charge < -0.3 is 36.3 Å². The second-order valence-electron chi connectivity index (χ2n) is 7.83. The monoisotopic (exact) mass is 424 g/mol. The van der Waals surface area contributed by atoms with Gasteiger partial charge in [0.2, 0.25) is 0 Å². The first-order valence-corrected chi connectivity index (χ1v) is 10.6. The van der Waals surface area contributed by atoms with Crippen molar-refractivity contribution in [3.05, 3.63) is 53.2 Å². The minimum Gasteiger partial charge on any atom is -0.506 e. The number of aliphatic hydroxyl groups excluding tert-OH is 1. The van der Waals surface area contributed by atoms with Gasteiger partial charge in [0.25, 0.3) is 0 Å². The number of hydrogen-bond acceptors (Lipinski definition) is 5. The maximum absolute atomic E-state index is 11.0. The summed E-state index contributed by atoms with van der Waals surface area (Å²) in [4.78, 5) is 14.5. The summed E-state index contributed by atoms with van der Waals surface area (Å²) in [6.45, 7) is 1.32. The molecule has 1 aliphatic rings. The molecule has 31 heavy (non-hydrogen) atoms. The molecular formula is C23H28N4O4. The maximum atomic E-state index is 11.0. The summed E-state index contributed by atoms with van der Waals surface area (Å²) in [6, 6.07) is 9.89. The van der Waals surface area contributed by atoms with E-state index in [4.69, 9.17) is 10.5 Å². The standard InChI is InChI=1S/C23H28N4O4/c24-23(30)27-20-11-14(5-8-21(20)28)22(29)13-25-9-10-31-15-6-7-17-16-3-1-2-4-18(16)26-19(17)12-15/h5-8,11-12,22,25-26,28-29H,1-4,9-10,13H2,(H3,24,27,30). The number of rotatable bonds is 8. The van der Waals surface area contributed by atoms with Gasteiger partial charge in [-0.2, -0.15) is 0 Å². The third-order valence-electron chi connectivity index (χ3n) is 5.62. The third kappa shape index (κ3) is 4.92. The first kappa shape index (κ1) is 21.0. The molecule has 0 saturated carbocycles. The number of ether oxygens (including phenoxy) is 1. The zero-order chi connectivity index (χ0) is 21.8. The topological polar surface area (TPSA) is 133 Å². The first-order chi connectivity index (χ1) is 15.0. The van der Waals surface area contributed by atoms with Crippen LogP contribution in [0.1, 0.15) is 35.8 Å². The first-order valence-electron chi connectivity index (χ1n) is 10.6. The highest BCUT2D eigenvalue weighted by Crippen LogP contribution is 2.31. The number of aliphatic hydroxyl groups is 1. The zero-order valence-corrected chi connectivity index (χ0v) is 17.3. The number of phenolic OH excluding ortho intramolecular Hbond substituents is 1. The molecule has 164 valence electrons. The van der Waals surface area contributed by atoms with Crippen molar-refractivity contribution < 1.29 is 19.7 Å². The predicted octanol–water partition coefficient (Wildman–Crippen LogP) is 2.94. The zero-order valence-electron chi connectivity index (χ0n) is 17.3. The van der Waals surface area contributed by atoms with Gasteiger partial charge >= 0.3 is 6.03 Å². The molecule has 0 bridgehead atoms. The Kier molecular flexibility index (Phi) is 6.29. The average molecular weight is 425 g/mol. The van der Waals surface area contributed by atoms with Crippen LogP contribution >= 0.6 is 0 Å². The quantitative estimate of drug-likeness (QED) is 0.244. The minimum atomic E-state index is -0.810. The van der Waals surface area contributed by atoms with Crippen molar-refractivity contribution >= 4 is 22.6 Å². The molecule has 8 nitrogen and oxygen atoms in total. The van der Waals surface area contributed by atoms with Gasteiger partial charge in [-0.1, -0.05) is 6.07 Å². The molecule has 2 aromatic carbocycles. The number of aryl methyl sites for hydroxylation is 2. The lowest BCUT2D eigenvalue weighted by Crippen LogP contribution is -2.26. The molecule has 1 aromatic heterocycles. The number of H-pyrrole nitrogens is 1. The number of aromatic nitrogens is 1. The number of amides is 2. The van der Waals surface area contributed by atoms with Crippen LogP contribution in [0.15, 0.2) is 36.4 Å². The molecule has 1 aliphatic carbocycles. The van der Waals surface area contributed by atoms with Crippen molar-refractivity contribution in [2.24, 2.45) is 5.73 Å². The van der Waals surface area contributed by atoms with Crippen LogP contribution in [0, 0.1) is 0 Å². The summed E-state index contributed by atoms with van der Waals surface area (Å²) < 4.78 is 5.85. The molecule has 0 radical (unpaired) electrons. The molecule has 7 N–H and O–H groups in total. The van der Waals surface area contributed by atoms with Gasteiger partial charge in [0.1, 0.15) is 18.1 Å². The van der Waals surface area contributed by atoms with E-state index in [1.54, 1.807) is 6.07 Å². The van der Waals surface area contributed by atoms with Gasteiger partial charge in [-0.05, 0) is 61.1 Å². The van der Waals surface area contributed by atoms with Crippen molar-refractivity contribution in [3.63, 3.8) is 0 Å². The van der Waals surface area contributed by atoms with E-state index in [0.717, 1.165) is 24.1 Å². The maximum Gasteiger partial charge on any atom is 0.316 e. The molecule has 2 amide bonds. The average Bonchev–Trinajstić information content (AvgIpc) is 3.12. The highest BCUT2D eigenvalue weighted by molar-refractivity contribution is 5.89. The number of aromatic hydroxyl groups is 1. The summed E-state index contributed by atoms with van der Waals surface area (Å²) in [5.41, 5.74) is 9.73. The fourth-order valence-corrected chi connectivity index (χ4v) is 4.07. The number of carbonyl (C=O) groups is 1. The fourth-order valence-electron chi connectivity index (χ4n) is 4.07. The molecule has 3 aromatic rings. The van der Waals surface area contributed by atoms with Gasteiger partial charge in [-0.25, -0.2) is 4.79 Å². The summed E-state index contributed by atoms with van der Waals surface area (Å²) in [6.07, 6.45) is 3.95. The van der Waals surface area contributed by atoms with E-state index in [1.165, 1.54) is 41.6 Å². The number of primary amides is 1. The van der Waals surface area contributed by atoms with Crippen LogP contribution in [0.2, 0.25) is 0 Å². The Labute approximate surface area is 180 Å². The number of phenols is 1. The van der Waals surface area contributed by atoms with Crippen molar-refractivity contribution in [1.29, 1.82) is 0 Å². The summed E-state index contributed by atoms with van der Waals surface area (Å²) in [5.74, 6) is 0.699. The van der Waals surface area contributed by atoms with Crippen molar-refractivity contribution in [3.8, 4) is 11.5 Å². The molecule has 0 aliphatic heterocycles. The number of aromatic amines is 1. The molecule has 8 heteroatoms. The van der Waals surface area contributed by atoms with E-state index < -0.39 is 12.1 Å². The number of nitrogens with two attached hydrogens (primary N) is 1. The predicted molar refractivity (Wildman–Crippen MR) is 120 cm³/mol. The Hall–Kier alpha value is -3.23. The Balaban J connectivity index is 1.26. The Morgan fingerprint density at radius 3 is 2.87 bits per heavy atom. The normalized spacial score (nSPS) is 14.2. The number of fused-ring (bicyclic) bond motifs is 3. The van der Waals surface area contributed by atoms with Crippen molar-refractivity contribution in [2.75, 3.05) is 25.0 Å². The smallest absolute Gasteiger partial charge is 0.316 e. The van der Waals surface area contributed by atoms with Crippen LogP contribution in [-0.2, 0) is 12.8 Å². The fraction of sp³-hybridized carbons (Fsp3) is 0.348. The van der Waals surface area contributed by atoms with Crippen LogP contribution in [-0.4, -0.2) is 40.9 Å². The van der Waals surface area contributed by atoms with Gasteiger partial charge in [-0.3, -0.25) is 0 Å². The number of nitrogens with one attached hydrogen (secondary N) is 3. The Morgan fingerprint density at radius 2 is 2.03 bits per heavy atom. The van der Waals surface area contributed by atoms with Gasteiger partial charge in [0.05, 0.1) is 11.8 Å². The summed E-state index contributed by atoms with van der Waals surface area (Å²) in [5, 5.41) is 26.9. The molecule has 1 unspecified atom stereocenters. The number of carbonyl (C=O) groups excluding carboxylic acids is 1. The molecular weight excluding hydrogens is 396 g/mol. The van der Waals surface area contributed by atoms with E-state index >= 15 is 0 Å². The molecule has 4 rings (SSSR count). The summed E-state index contributed by atoms with van der Waals surface area (Å²) >= 11 is 0. The number of benzene rings is 2. The molecule has 1 atom stereocenters. The SMILES string of the molecule is NC(=O)Nc1cc(C(O)CNCCOc2ccc3c4c([nH]c3c2)CCCC4)ccc1O. The van der Waals surface area contributed by atoms with Crippen molar-refractivity contribution in [1.82, 2.24) is 10.3 Å². The molecule has 1 heterocycles. The van der Waals surface area contributed by atoms with Crippen molar-refractivity contribution in [2.45, 2.75) is 31.8 Å². The second-order valence-corrected chi connectivity index (χ2v) is 7.83. The lowest BCUT2D eigenvalue weighted by molar-refractivity contribution is 0.172. The van der Waals surface area contributed by atoms with E-state index in [0.29, 0.717) is 25.3 Å². The Bertz CT molecular complexity index is 1080. The largest absolute Gasteiger partial charge is 0.506 e. The third-order valence-corrected chi connectivity index (χ3v) is 5.62. The minimum absolute atomic E-state index is 0.115. The summed E-state index contributed by atoms with van der Waals surface area (Å²) in [7, 11) is 0. The van der Waals surface area contributed by atoms with Crippen LogP contribution in [0.4, 0.5) is 10.5 Å². The number of urea groups is 1. The lowest BCUT2D eigenvalue weighted by Gasteiger charge is -2.14. The van der Waals surface area contributed by atoms with E-state index in [9.17, 15) is 15.0 Å². The highest BCUT2D eigenvalue weighted by Gasteiger charge is 2.15. The van der Waals surface area contributed by atoms with E-state index in [1.807, 2.05) is 12.1 Å². The highest BCUT2D eigenvalue weighted by atomic mass is 16.5.